The number of nitrogens with zero attached hydrogens (tertiary/aromatic N) is 5. The number of fused-ring (bicyclic) bond motifs is 1. The number of aryl methyl sites for hydroxylation is 2. The molecular weight excluding hydrogens is 338 g/mol. The van der Waals surface area contributed by atoms with Gasteiger partial charge >= 0.3 is 0 Å². The van der Waals surface area contributed by atoms with Crippen LogP contribution in [-0.4, -0.2) is 31.7 Å². The van der Waals surface area contributed by atoms with Crippen molar-refractivity contribution in [3.63, 3.8) is 0 Å². The summed E-state index contributed by atoms with van der Waals surface area (Å²) in [5, 5.41) is 3.42. The Kier molecular flexibility index (Phi) is 4.42. The zero-order valence-electron chi connectivity index (χ0n) is 15.6. The van der Waals surface area contributed by atoms with Crippen molar-refractivity contribution in [1.82, 2.24) is 24.6 Å². The summed E-state index contributed by atoms with van der Waals surface area (Å²) in [6, 6.07) is 10.4. The maximum atomic E-state index is 4.73. The van der Waals surface area contributed by atoms with Crippen LogP contribution in [0.2, 0.25) is 0 Å². The van der Waals surface area contributed by atoms with E-state index in [0.717, 1.165) is 22.3 Å². The number of imidazole rings is 1. The summed E-state index contributed by atoms with van der Waals surface area (Å²) in [5.41, 5.74) is 8.87. The van der Waals surface area contributed by atoms with Crippen molar-refractivity contribution in [2.75, 3.05) is 17.8 Å². The van der Waals surface area contributed by atoms with Crippen LogP contribution in [0, 0.1) is 13.8 Å². The first kappa shape index (κ1) is 17.0. The minimum atomic E-state index is 0.613. The SMILES string of the molecule is CNn1cnc2c(NCc3cccc(C)c3)nc(-c3cncc(C)c3)nc21. The third-order valence-corrected chi connectivity index (χ3v) is 4.31. The Hall–Kier alpha value is -3.48. The maximum absolute atomic E-state index is 4.73. The van der Waals surface area contributed by atoms with Gasteiger partial charge in [0, 0.05) is 31.5 Å². The largest absolute Gasteiger partial charge is 0.364 e. The van der Waals surface area contributed by atoms with Crippen LogP contribution in [0.1, 0.15) is 16.7 Å². The normalized spacial score (nSPS) is 10.9. The molecule has 7 heteroatoms. The van der Waals surface area contributed by atoms with E-state index < -0.39 is 0 Å². The van der Waals surface area contributed by atoms with Crippen molar-refractivity contribution in [3.8, 4) is 11.4 Å². The fourth-order valence-electron chi connectivity index (χ4n) is 3.00. The molecule has 0 radical (unpaired) electrons. The summed E-state index contributed by atoms with van der Waals surface area (Å²) >= 11 is 0. The number of hydrogen-bond donors (Lipinski definition) is 2. The molecule has 0 fully saturated rings. The molecule has 4 aromatic rings. The summed E-state index contributed by atoms with van der Waals surface area (Å²) in [4.78, 5) is 18.2. The lowest BCUT2D eigenvalue weighted by molar-refractivity contribution is 0.937. The molecule has 1 aromatic carbocycles. The second-order valence-corrected chi connectivity index (χ2v) is 6.50. The molecule has 0 bridgehead atoms. The zero-order valence-corrected chi connectivity index (χ0v) is 15.6. The number of aromatic nitrogens is 5. The molecule has 0 unspecified atom stereocenters. The van der Waals surface area contributed by atoms with Crippen molar-refractivity contribution in [1.29, 1.82) is 0 Å². The van der Waals surface area contributed by atoms with Gasteiger partial charge in [-0.15, -0.1) is 0 Å². The molecule has 0 atom stereocenters. The van der Waals surface area contributed by atoms with E-state index in [0.29, 0.717) is 18.2 Å². The predicted molar refractivity (Wildman–Crippen MR) is 107 cm³/mol. The first-order valence-corrected chi connectivity index (χ1v) is 8.78. The van der Waals surface area contributed by atoms with Gasteiger partial charge in [0.1, 0.15) is 6.33 Å². The minimum Gasteiger partial charge on any atom is -0.364 e. The molecule has 0 saturated carbocycles. The van der Waals surface area contributed by atoms with Gasteiger partial charge in [-0.2, -0.15) is 0 Å². The Bertz CT molecular complexity index is 1100. The van der Waals surface area contributed by atoms with E-state index in [1.165, 1.54) is 11.1 Å². The first-order valence-electron chi connectivity index (χ1n) is 8.78. The molecule has 136 valence electrons. The number of rotatable bonds is 5. The minimum absolute atomic E-state index is 0.613. The molecule has 3 heterocycles. The smallest absolute Gasteiger partial charge is 0.184 e. The molecule has 4 rings (SSSR count). The van der Waals surface area contributed by atoms with E-state index in [9.17, 15) is 0 Å². The van der Waals surface area contributed by atoms with E-state index in [2.05, 4.69) is 51.9 Å². The predicted octanol–water partition coefficient (Wildman–Crippen LogP) is 3.29. The van der Waals surface area contributed by atoms with Gasteiger partial charge < -0.3 is 10.7 Å². The molecule has 7 nitrogen and oxygen atoms in total. The molecule has 0 amide bonds. The van der Waals surface area contributed by atoms with Crippen molar-refractivity contribution >= 4 is 17.0 Å². The fourth-order valence-corrected chi connectivity index (χ4v) is 3.00. The maximum Gasteiger partial charge on any atom is 0.184 e. The lowest BCUT2D eigenvalue weighted by Crippen LogP contribution is -2.09. The van der Waals surface area contributed by atoms with E-state index in [-0.39, 0.29) is 0 Å². The van der Waals surface area contributed by atoms with Crippen LogP contribution in [0.25, 0.3) is 22.6 Å². The highest BCUT2D eigenvalue weighted by atomic mass is 15.4. The third kappa shape index (κ3) is 3.44. The van der Waals surface area contributed by atoms with Gasteiger partial charge in [-0.3, -0.25) is 4.98 Å². The van der Waals surface area contributed by atoms with Crippen molar-refractivity contribution < 1.29 is 0 Å². The van der Waals surface area contributed by atoms with Gasteiger partial charge in [0.05, 0.1) is 0 Å². The zero-order chi connectivity index (χ0) is 18.8. The first-order chi connectivity index (χ1) is 13.1. The van der Waals surface area contributed by atoms with Crippen molar-refractivity contribution in [3.05, 3.63) is 65.7 Å². The Morgan fingerprint density at radius 2 is 1.93 bits per heavy atom. The Balaban J connectivity index is 1.77. The van der Waals surface area contributed by atoms with Gasteiger partial charge in [-0.05, 0) is 31.0 Å². The van der Waals surface area contributed by atoms with Crippen LogP contribution in [0.3, 0.4) is 0 Å². The van der Waals surface area contributed by atoms with Crippen LogP contribution in [-0.2, 0) is 6.54 Å². The van der Waals surface area contributed by atoms with Crippen LogP contribution in [0.5, 0.6) is 0 Å². The van der Waals surface area contributed by atoms with Crippen molar-refractivity contribution in [2.45, 2.75) is 20.4 Å². The van der Waals surface area contributed by atoms with Gasteiger partial charge in [0.15, 0.2) is 22.8 Å². The average molecular weight is 359 g/mol. The van der Waals surface area contributed by atoms with Gasteiger partial charge in [0.2, 0.25) is 0 Å². The number of hydrogen-bond acceptors (Lipinski definition) is 6. The van der Waals surface area contributed by atoms with E-state index in [1.54, 1.807) is 17.2 Å². The summed E-state index contributed by atoms with van der Waals surface area (Å²) in [7, 11) is 1.83. The topological polar surface area (TPSA) is 80.5 Å². The molecule has 0 aliphatic rings. The van der Waals surface area contributed by atoms with Crippen LogP contribution >= 0.6 is 0 Å². The second-order valence-electron chi connectivity index (χ2n) is 6.50. The Labute approximate surface area is 157 Å². The number of anilines is 1. The molecule has 0 aliphatic carbocycles. The summed E-state index contributed by atoms with van der Waals surface area (Å²) in [6.07, 6.45) is 5.30. The highest BCUT2D eigenvalue weighted by molar-refractivity contribution is 5.85. The molecule has 0 spiro atoms. The van der Waals surface area contributed by atoms with Crippen LogP contribution in [0.4, 0.5) is 5.82 Å². The van der Waals surface area contributed by atoms with Crippen LogP contribution in [0.15, 0.2) is 49.1 Å². The number of pyridine rings is 1. The van der Waals surface area contributed by atoms with E-state index in [1.807, 2.05) is 26.2 Å². The van der Waals surface area contributed by atoms with Crippen molar-refractivity contribution in [2.24, 2.45) is 0 Å². The van der Waals surface area contributed by atoms with Gasteiger partial charge in [-0.25, -0.2) is 19.6 Å². The summed E-state index contributed by atoms with van der Waals surface area (Å²) in [5.74, 6) is 1.31. The highest BCUT2D eigenvalue weighted by Gasteiger charge is 2.14. The van der Waals surface area contributed by atoms with E-state index >= 15 is 0 Å². The summed E-state index contributed by atoms with van der Waals surface area (Å²) in [6.45, 7) is 4.75. The molecule has 27 heavy (non-hydrogen) atoms. The molecular formula is C20H21N7. The lowest BCUT2D eigenvalue weighted by atomic mass is 10.1. The summed E-state index contributed by atoms with van der Waals surface area (Å²) < 4.78 is 1.78. The van der Waals surface area contributed by atoms with E-state index in [4.69, 9.17) is 9.97 Å². The molecule has 3 aromatic heterocycles. The monoisotopic (exact) mass is 359 g/mol. The number of nitrogens with one attached hydrogen (secondary N) is 2. The second kappa shape index (κ2) is 7.03. The average Bonchev–Trinajstić information content (AvgIpc) is 3.09. The highest BCUT2D eigenvalue weighted by Crippen LogP contribution is 2.24. The van der Waals surface area contributed by atoms with Gasteiger partial charge in [-0.1, -0.05) is 29.8 Å². The standard InChI is InChI=1S/C20H21N7/c1-13-5-4-6-15(7-13)10-23-19-17-20(27(21-3)12-24-17)26-18(25-19)16-8-14(2)9-22-11-16/h4-9,11-12,21H,10H2,1-3H3,(H,23,25,26). The van der Waals surface area contributed by atoms with Crippen LogP contribution < -0.4 is 10.7 Å². The lowest BCUT2D eigenvalue weighted by Gasteiger charge is -2.10. The van der Waals surface area contributed by atoms with Gasteiger partial charge in [0.25, 0.3) is 0 Å². The fraction of sp³-hybridized carbons (Fsp3) is 0.200. The quantitative estimate of drug-likeness (QED) is 0.569. The number of benzene rings is 1. The Morgan fingerprint density at radius 3 is 2.70 bits per heavy atom. The molecule has 2 N–H and O–H groups in total. The molecule has 0 aliphatic heterocycles. The third-order valence-electron chi connectivity index (χ3n) is 4.31. The Morgan fingerprint density at radius 1 is 1.04 bits per heavy atom. The molecule has 0 saturated heterocycles.